The highest BCUT2D eigenvalue weighted by Gasteiger charge is 2.23. The number of aliphatic hydroxyl groups excluding tert-OH is 1. The second kappa shape index (κ2) is 9.58. The fraction of sp³-hybridized carbons (Fsp3) is 0.526. The standard InChI is InChI=1S/C19H26Cl2N2O2/c1-3-15(4-2)22-9-11-23(12-10-22)19(25)8-7-18(24)14-5-6-16(20)17(21)13-14/h5-8,13,15,18,24H,3-4,9-12H2,1-2H3/b8-7+. The quantitative estimate of drug-likeness (QED) is 0.755. The first kappa shape index (κ1) is 20.2. The molecule has 2 rings (SSSR count). The molecule has 25 heavy (non-hydrogen) atoms. The zero-order chi connectivity index (χ0) is 18.4. The monoisotopic (exact) mass is 384 g/mol. The SMILES string of the molecule is CCC(CC)N1CCN(C(=O)/C=C/C(O)c2ccc(Cl)c(Cl)c2)CC1. The van der Waals surface area contributed by atoms with Crippen LogP contribution in [0.2, 0.25) is 10.0 Å². The first-order chi connectivity index (χ1) is 12.0. The van der Waals surface area contributed by atoms with Crippen molar-refractivity contribution in [3.05, 3.63) is 46.0 Å². The van der Waals surface area contributed by atoms with Gasteiger partial charge >= 0.3 is 0 Å². The van der Waals surface area contributed by atoms with E-state index in [4.69, 9.17) is 23.2 Å². The second-order valence-electron chi connectivity index (χ2n) is 6.31. The maximum Gasteiger partial charge on any atom is 0.246 e. The minimum atomic E-state index is -0.885. The van der Waals surface area contributed by atoms with Crippen molar-refractivity contribution < 1.29 is 9.90 Å². The predicted octanol–water partition coefficient (Wildman–Crippen LogP) is 3.92. The zero-order valence-electron chi connectivity index (χ0n) is 14.8. The van der Waals surface area contributed by atoms with Crippen molar-refractivity contribution in [3.63, 3.8) is 0 Å². The minimum Gasteiger partial charge on any atom is -0.384 e. The third kappa shape index (κ3) is 5.45. The van der Waals surface area contributed by atoms with Gasteiger partial charge in [-0.2, -0.15) is 0 Å². The first-order valence-corrected chi connectivity index (χ1v) is 9.56. The summed E-state index contributed by atoms with van der Waals surface area (Å²) < 4.78 is 0. The fourth-order valence-electron chi connectivity index (χ4n) is 3.20. The van der Waals surface area contributed by atoms with Gasteiger partial charge in [-0.15, -0.1) is 0 Å². The number of halogens is 2. The average Bonchev–Trinajstić information content (AvgIpc) is 2.63. The summed E-state index contributed by atoms with van der Waals surface area (Å²) in [6.07, 6.45) is 4.33. The molecule has 1 atom stereocenters. The molecule has 0 bridgehead atoms. The van der Waals surface area contributed by atoms with Crippen molar-refractivity contribution in [1.29, 1.82) is 0 Å². The summed E-state index contributed by atoms with van der Waals surface area (Å²) in [6, 6.07) is 5.54. The van der Waals surface area contributed by atoms with Crippen molar-refractivity contribution in [2.75, 3.05) is 26.2 Å². The van der Waals surface area contributed by atoms with E-state index in [0.717, 1.165) is 39.0 Å². The molecule has 1 heterocycles. The van der Waals surface area contributed by atoms with E-state index in [1.807, 2.05) is 4.90 Å². The number of benzene rings is 1. The molecular formula is C19H26Cl2N2O2. The summed E-state index contributed by atoms with van der Waals surface area (Å²) in [5.74, 6) is -0.0664. The Labute approximate surface area is 160 Å². The summed E-state index contributed by atoms with van der Waals surface area (Å²) in [7, 11) is 0. The Bertz CT molecular complexity index is 609. The van der Waals surface area contributed by atoms with E-state index in [0.29, 0.717) is 21.7 Å². The van der Waals surface area contributed by atoms with E-state index >= 15 is 0 Å². The maximum absolute atomic E-state index is 12.3. The number of carbonyl (C=O) groups excluding carboxylic acids is 1. The van der Waals surface area contributed by atoms with Crippen LogP contribution >= 0.6 is 23.2 Å². The molecule has 1 amide bonds. The summed E-state index contributed by atoms with van der Waals surface area (Å²) in [5, 5.41) is 11.0. The van der Waals surface area contributed by atoms with Crippen molar-refractivity contribution in [1.82, 2.24) is 9.80 Å². The van der Waals surface area contributed by atoms with Gasteiger partial charge in [0.2, 0.25) is 5.91 Å². The largest absolute Gasteiger partial charge is 0.384 e. The van der Waals surface area contributed by atoms with Gasteiger partial charge in [0, 0.05) is 38.3 Å². The molecule has 0 spiro atoms. The van der Waals surface area contributed by atoms with Crippen LogP contribution < -0.4 is 0 Å². The Morgan fingerprint density at radius 3 is 2.36 bits per heavy atom. The third-order valence-corrected chi connectivity index (χ3v) is 5.53. The molecule has 1 unspecified atom stereocenters. The Kier molecular flexibility index (Phi) is 7.76. The number of amides is 1. The van der Waals surface area contributed by atoms with Crippen LogP contribution in [0.25, 0.3) is 0 Å². The molecular weight excluding hydrogens is 359 g/mol. The van der Waals surface area contributed by atoms with E-state index in [-0.39, 0.29) is 5.91 Å². The zero-order valence-corrected chi connectivity index (χ0v) is 16.3. The summed E-state index contributed by atoms with van der Waals surface area (Å²) in [4.78, 5) is 16.6. The molecule has 0 radical (unpaired) electrons. The normalized spacial score (nSPS) is 17.4. The van der Waals surface area contributed by atoms with Gasteiger partial charge in [-0.1, -0.05) is 43.1 Å². The average molecular weight is 385 g/mol. The molecule has 1 N–H and O–H groups in total. The van der Waals surface area contributed by atoms with Crippen LogP contribution in [0.15, 0.2) is 30.4 Å². The number of nitrogens with zero attached hydrogens (tertiary/aromatic N) is 2. The summed E-state index contributed by atoms with van der Waals surface area (Å²) in [5.41, 5.74) is 0.608. The molecule has 0 aliphatic carbocycles. The lowest BCUT2D eigenvalue weighted by Gasteiger charge is -2.38. The molecule has 0 aromatic heterocycles. The van der Waals surface area contributed by atoms with Crippen molar-refractivity contribution >= 4 is 29.1 Å². The van der Waals surface area contributed by atoms with Gasteiger partial charge in [0.1, 0.15) is 0 Å². The lowest BCUT2D eigenvalue weighted by Crippen LogP contribution is -2.51. The van der Waals surface area contributed by atoms with Gasteiger partial charge in [-0.25, -0.2) is 0 Å². The van der Waals surface area contributed by atoms with E-state index in [1.165, 1.54) is 12.2 Å². The van der Waals surface area contributed by atoms with Crippen LogP contribution in [0.1, 0.15) is 38.4 Å². The molecule has 6 heteroatoms. The smallest absolute Gasteiger partial charge is 0.246 e. The number of piperazine rings is 1. The Morgan fingerprint density at radius 2 is 1.80 bits per heavy atom. The first-order valence-electron chi connectivity index (χ1n) is 8.80. The number of aliphatic hydroxyl groups is 1. The Hall–Kier alpha value is -1.07. The molecule has 1 aromatic rings. The highest BCUT2D eigenvalue weighted by molar-refractivity contribution is 6.42. The molecule has 0 saturated carbocycles. The highest BCUT2D eigenvalue weighted by atomic mass is 35.5. The van der Waals surface area contributed by atoms with Crippen LogP contribution in [-0.4, -0.2) is 53.0 Å². The minimum absolute atomic E-state index is 0.0664. The topological polar surface area (TPSA) is 43.8 Å². The molecule has 138 valence electrons. The van der Waals surface area contributed by atoms with Gasteiger partial charge in [0.25, 0.3) is 0 Å². The van der Waals surface area contributed by atoms with E-state index in [1.54, 1.807) is 18.2 Å². The van der Waals surface area contributed by atoms with E-state index in [9.17, 15) is 9.90 Å². The van der Waals surface area contributed by atoms with Gasteiger partial charge in [-0.05, 0) is 36.6 Å². The summed E-state index contributed by atoms with van der Waals surface area (Å²) in [6.45, 7) is 7.67. The number of rotatable bonds is 6. The van der Waals surface area contributed by atoms with Crippen LogP contribution in [0, 0.1) is 0 Å². The number of hydrogen-bond acceptors (Lipinski definition) is 3. The molecule has 1 fully saturated rings. The Balaban J connectivity index is 1.89. The van der Waals surface area contributed by atoms with Gasteiger partial charge in [0.05, 0.1) is 16.1 Å². The van der Waals surface area contributed by atoms with Crippen molar-refractivity contribution in [2.24, 2.45) is 0 Å². The van der Waals surface area contributed by atoms with Gasteiger partial charge < -0.3 is 10.0 Å². The van der Waals surface area contributed by atoms with E-state index in [2.05, 4.69) is 18.7 Å². The lowest BCUT2D eigenvalue weighted by atomic mass is 10.1. The molecule has 1 aliphatic heterocycles. The molecule has 1 aliphatic rings. The van der Waals surface area contributed by atoms with Crippen LogP contribution in [0.5, 0.6) is 0 Å². The van der Waals surface area contributed by atoms with E-state index < -0.39 is 6.10 Å². The van der Waals surface area contributed by atoms with Crippen LogP contribution in [-0.2, 0) is 4.79 Å². The lowest BCUT2D eigenvalue weighted by molar-refractivity contribution is -0.128. The fourth-order valence-corrected chi connectivity index (χ4v) is 3.51. The van der Waals surface area contributed by atoms with Crippen LogP contribution in [0.4, 0.5) is 0 Å². The van der Waals surface area contributed by atoms with Crippen molar-refractivity contribution in [2.45, 2.75) is 38.8 Å². The second-order valence-corrected chi connectivity index (χ2v) is 7.12. The number of carbonyl (C=O) groups is 1. The maximum atomic E-state index is 12.3. The van der Waals surface area contributed by atoms with Gasteiger partial charge in [-0.3, -0.25) is 9.69 Å². The van der Waals surface area contributed by atoms with Crippen molar-refractivity contribution in [3.8, 4) is 0 Å². The summed E-state index contributed by atoms with van der Waals surface area (Å²) >= 11 is 11.8. The van der Waals surface area contributed by atoms with Crippen LogP contribution in [0.3, 0.4) is 0 Å². The Morgan fingerprint density at radius 1 is 1.16 bits per heavy atom. The molecule has 1 saturated heterocycles. The predicted molar refractivity (Wildman–Crippen MR) is 103 cm³/mol. The molecule has 4 nitrogen and oxygen atoms in total. The molecule has 1 aromatic carbocycles. The number of hydrogen-bond donors (Lipinski definition) is 1. The third-order valence-electron chi connectivity index (χ3n) is 4.79. The van der Waals surface area contributed by atoms with Gasteiger partial charge in [0.15, 0.2) is 0 Å². The highest BCUT2D eigenvalue weighted by Crippen LogP contribution is 2.26.